The molecule has 0 aromatic carbocycles. The molecule has 31 atom stereocenters. The van der Waals surface area contributed by atoms with E-state index in [1.54, 1.807) is 19.9 Å². The Morgan fingerprint density at radius 3 is 1.78 bits per heavy atom. The van der Waals surface area contributed by atoms with Gasteiger partial charge < -0.3 is 119 Å². The summed E-state index contributed by atoms with van der Waals surface area (Å²) in [7, 11) is 0. The van der Waals surface area contributed by atoms with E-state index in [-0.39, 0.29) is 18.3 Å². The Morgan fingerprint density at radius 1 is 0.612 bits per heavy atom. The second-order valence-electron chi connectivity index (χ2n) is 27.9. The first-order valence-corrected chi connectivity index (χ1v) is 30.0. The van der Waals surface area contributed by atoms with Crippen LogP contribution in [0.5, 0.6) is 0 Å². The number of carbonyl (C=O) groups is 2. The monoisotopic (exact) mass is 1220 g/mol. The van der Waals surface area contributed by atoms with Crippen LogP contribution in [-0.2, 0) is 52.2 Å². The fourth-order valence-electron chi connectivity index (χ4n) is 17.3. The Kier molecular flexibility index (Phi) is 19.1. The van der Waals surface area contributed by atoms with Gasteiger partial charge in [-0.1, -0.05) is 66.2 Å². The molecule has 486 valence electrons. The zero-order chi connectivity index (χ0) is 62.7. The molecule has 0 amide bonds. The van der Waals surface area contributed by atoms with Crippen LogP contribution in [0.1, 0.15) is 114 Å². The summed E-state index contributed by atoms with van der Waals surface area (Å²) in [5.41, 5.74) is -3.59. The summed E-state index contributed by atoms with van der Waals surface area (Å²) in [6.07, 6.45) is -35.6. The standard InChI is InChI=1S/C59H94O26/c1-11-23(2)49(76)80-32-19-54(4,5)18-26-25-12-13-30-56(8)16-15-31(55(6,7)29(56)14-17-57(30,9)58(25,10)46(72)47(73)59(26,32)22-62)81-53-45(85-51-40(70)37(67)34(64)27(20-60)78-51)42(41(71)43(83-53)48(74)75)82-52-44(38(68)35(65)28(21-61)79-52)84-50-39(69)36(66)33(63)24(3)77-50/h11-12,24,26-47,50-53,60-73H,13-22H2,1-10H3,(H,74,75)/b23-11-/t24-,26-,27+,28+,29?,30?,31-,32-,33-,34+,35-,36+,37-,38-,39+,40+,41-,42-,43-,44+,45+,46-,47+,50-,51-,52-,53+,56-,57+,58-,59+/m0/s1. The van der Waals surface area contributed by atoms with Gasteiger partial charge in [-0.15, -0.1) is 0 Å². The van der Waals surface area contributed by atoms with E-state index in [0.29, 0.717) is 44.1 Å². The molecule has 26 heteroatoms. The van der Waals surface area contributed by atoms with Gasteiger partial charge in [0.2, 0.25) is 0 Å². The molecular weight excluding hydrogens is 1120 g/mol. The zero-order valence-electron chi connectivity index (χ0n) is 50.0. The van der Waals surface area contributed by atoms with E-state index in [9.17, 15) is 86.2 Å². The minimum Gasteiger partial charge on any atom is -0.479 e. The van der Waals surface area contributed by atoms with Crippen molar-refractivity contribution in [3.8, 4) is 0 Å². The van der Waals surface area contributed by atoms with Crippen LogP contribution in [0.4, 0.5) is 0 Å². The second kappa shape index (κ2) is 24.3. The largest absolute Gasteiger partial charge is 0.479 e. The minimum absolute atomic E-state index is 0.129. The van der Waals surface area contributed by atoms with Crippen molar-refractivity contribution < 1.29 is 129 Å². The molecule has 5 aliphatic carbocycles. The van der Waals surface area contributed by atoms with Crippen LogP contribution in [0, 0.1) is 50.2 Å². The van der Waals surface area contributed by atoms with Crippen LogP contribution in [0.25, 0.3) is 0 Å². The van der Waals surface area contributed by atoms with Crippen molar-refractivity contribution in [1.82, 2.24) is 0 Å². The summed E-state index contributed by atoms with van der Waals surface area (Å²) < 4.78 is 55.3. The van der Waals surface area contributed by atoms with Gasteiger partial charge in [0.05, 0.1) is 49.7 Å². The van der Waals surface area contributed by atoms with E-state index in [1.165, 1.54) is 6.92 Å². The molecule has 8 fully saturated rings. The number of ether oxygens (including phenoxy) is 9. The topological polar surface area (TPSA) is 421 Å². The van der Waals surface area contributed by atoms with Crippen LogP contribution in [0.15, 0.2) is 23.3 Å². The number of hydrogen-bond acceptors (Lipinski definition) is 25. The number of aliphatic hydroxyl groups is 14. The van der Waals surface area contributed by atoms with Gasteiger partial charge in [0, 0.05) is 11.0 Å². The van der Waals surface area contributed by atoms with Gasteiger partial charge in [0.15, 0.2) is 31.3 Å². The molecule has 0 aromatic rings. The maximum absolute atomic E-state index is 13.5. The van der Waals surface area contributed by atoms with Crippen molar-refractivity contribution in [2.24, 2.45) is 50.2 Å². The number of allylic oxidation sites excluding steroid dienone is 2. The highest BCUT2D eigenvalue weighted by molar-refractivity contribution is 5.87. The van der Waals surface area contributed by atoms with Crippen molar-refractivity contribution in [2.45, 2.75) is 261 Å². The summed E-state index contributed by atoms with van der Waals surface area (Å²) in [5, 5.41) is 168. The van der Waals surface area contributed by atoms with Gasteiger partial charge in [0.25, 0.3) is 0 Å². The summed E-state index contributed by atoms with van der Waals surface area (Å²) >= 11 is 0. The number of carboxylic acid groups (broad SMARTS) is 1. The Balaban J connectivity index is 1.05. The first kappa shape index (κ1) is 66.9. The third kappa shape index (κ3) is 10.8. The van der Waals surface area contributed by atoms with Crippen molar-refractivity contribution in [3.63, 3.8) is 0 Å². The van der Waals surface area contributed by atoms with Crippen molar-refractivity contribution in [3.05, 3.63) is 23.3 Å². The first-order valence-electron chi connectivity index (χ1n) is 30.0. The number of carbonyl (C=O) groups excluding carboxylic acids is 1. The van der Waals surface area contributed by atoms with Gasteiger partial charge in [0.1, 0.15) is 91.6 Å². The Bertz CT molecular complexity index is 2460. The fourth-order valence-corrected chi connectivity index (χ4v) is 17.3. The molecule has 26 nitrogen and oxygen atoms in total. The van der Waals surface area contributed by atoms with Crippen LogP contribution in [0.2, 0.25) is 0 Å². The molecule has 15 N–H and O–H groups in total. The number of fused-ring (bicyclic) bond motifs is 7. The van der Waals surface area contributed by atoms with Gasteiger partial charge in [-0.25, -0.2) is 9.59 Å². The summed E-state index contributed by atoms with van der Waals surface area (Å²) in [6.45, 7) is 16.9. The molecule has 4 saturated heterocycles. The van der Waals surface area contributed by atoms with Crippen LogP contribution in [-0.4, -0.2) is 256 Å². The highest BCUT2D eigenvalue weighted by Crippen LogP contribution is 2.76. The van der Waals surface area contributed by atoms with Crippen molar-refractivity contribution in [1.29, 1.82) is 0 Å². The molecule has 0 spiro atoms. The quantitative estimate of drug-likeness (QED) is 0.0387. The van der Waals surface area contributed by atoms with Crippen LogP contribution in [0.3, 0.4) is 0 Å². The first-order chi connectivity index (χ1) is 39.7. The molecule has 4 aliphatic heterocycles. The lowest BCUT2D eigenvalue weighted by Crippen LogP contribution is -2.74. The third-order valence-corrected chi connectivity index (χ3v) is 22.6. The molecule has 9 rings (SSSR count). The normalized spacial score (nSPS) is 52.4. The van der Waals surface area contributed by atoms with E-state index < -0.39 is 217 Å². The van der Waals surface area contributed by atoms with Gasteiger partial charge in [-0.3, -0.25) is 0 Å². The molecule has 2 unspecified atom stereocenters. The molecule has 9 aliphatic rings. The zero-order valence-corrected chi connectivity index (χ0v) is 50.0. The maximum atomic E-state index is 13.5. The lowest BCUT2D eigenvalue weighted by atomic mass is 9.32. The average Bonchev–Trinajstić information content (AvgIpc) is 0.703. The molecular formula is C59H94O26. The van der Waals surface area contributed by atoms with E-state index in [2.05, 4.69) is 33.8 Å². The molecule has 85 heavy (non-hydrogen) atoms. The van der Waals surface area contributed by atoms with Gasteiger partial charge in [-0.2, -0.15) is 0 Å². The van der Waals surface area contributed by atoms with Crippen molar-refractivity contribution >= 4 is 11.9 Å². The number of hydrogen-bond donors (Lipinski definition) is 15. The predicted octanol–water partition coefficient (Wildman–Crippen LogP) is -2.01. The van der Waals surface area contributed by atoms with Crippen molar-refractivity contribution in [2.75, 3.05) is 19.8 Å². The molecule has 4 saturated carbocycles. The van der Waals surface area contributed by atoms with E-state index in [0.717, 1.165) is 5.57 Å². The average molecular weight is 1220 g/mol. The van der Waals surface area contributed by atoms with E-state index in [4.69, 9.17) is 42.6 Å². The van der Waals surface area contributed by atoms with Gasteiger partial charge >= 0.3 is 11.9 Å². The summed E-state index contributed by atoms with van der Waals surface area (Å²) in [5.74, 6) is -3.08. The predicted molar refractivity (Wildman–Crippen MR) is 289 cm³/mol. The van der Waals surface area contributed by atoms with Gasteiger partial charge in [-0.05, 0) is 105 Å². The van der Waals surface area contributed by atoms with E-state index in [1.807, 2.05) is 20.8 Å². The molecule has 4 heterocycles. The second-order valence-corrected chi connectivity index (χ2v) is 27.9. The Hall–Kier alpha value is -2.46. The Labute approximate surface area is 494 Å². The lowest BCUT2D eigenvalue weighted by molar-refractivity contribution is -0.406. The smallest absolute Gasteiger partial charge is 0.335 e. The van der Waals surface area contributed by atoms with E-state index >= 15 is 0 Å². The SMILES string of the molecule is C/C=C(/C)C(=O)O[C@H]1CC(C)(C)C[C@H]2C3=CCC4[C@@]5(C)CC[C@H](O[C@@H]6O[C@H](C(=O)O)[C@@H](O)[C@H](O[C@@H]7O[C@H](CO)[C@H](O)[C@H](O)[C@H]7O[C@@H]7O[C@@H](C)[C@H](O)[C@@H](O)[C@H]7O)[C@H]6O[C@@H]6O[C@H](CO)[C@@H](O)[C@H](O)[C@H]6O)C(C)(C)C5CC[C@@]4(C)[C@]3(C)[C@@H](O)[C@@H](O)[C@@]12CO. The fraction of sp³-hybridized carbons (Fsp3) is 0.898. The van der Waals surface area contributed by atoms with Crippen LogP contribution < -0.4 is 0 Å². The summed E-state index contributed by atoms with van der Waals surface area (Å²) in [6, 6.07) is 0. The minimum atomic E-state index is -2.29. The Morgan fingerprint density at radius 2 is 1.18 bits per heavy atom. The highest BCUT2D eigenvalue weighted by Gasteiger charge is 2.75. The number of esters is 1. The molecule has 0 aromatic heterocycles. The number of aliphatic carboxylic acids is 1. The lowest BCUT2D eigenvalue weighted by Gasteiger charge is -2.73. The third-order valence-electron chi connectivity index (χ3n) is 22.6. The number of carboxylic acids is 1. The highest BCUT2D eigenvalue weighted by atomic mass is 16.8. The maximum Gasteiger partial charge on any atom is 0.335 e. The molecule has 0 radical (unpaired) electrons. The number of rotatable bonds is 14. The number of aliphatic hydroxyl groups excluding tert-OH is 14. The van der Waals surface area contributed by atoms with Crippen LogP contribution >= 0.6 is 0 Å². The summed E-state index contributed by atoms with van der Waals surface area (Å²) in [4.78, 5) is 26.7. The molecule has 0 bridgehead atoms.